The molecule has 2 unspecified atom stereocenters. The van der Waals surface area contributed by atoms with E-state index in [0.29, 0.717) is 13.1 Å². The Morgan fingerprint density at radius 1 is 1.40 bits per heavy atom. The number of rotatable bonds is 4. The maximum absolute atomic E-state index is 13.8. The molecule has 1 aliphatic heterocycles. The molecule has 0 radical (unpaired) electrons. The molecule has 1 saturated heterocycles. The van der Waals surface area contributed by atoms with Gasteiger partial charge >= 0.3 is 6.09 Å². The monoisotopic (exact) mass is 352 g/mol. The molecular formula is C19H29FN2O3. The Kier molecular flexibility index (Phi) is 6.27. The SMILES string of the molecule is COc1ccc(CNC2CCCN(C(=O)OC(C)(C)C)C2C)cc1F. The molecule has 1 N–H and O–H groups in total. The maximum Gasteiger partial charge on any atom is 0.410 e. The minimum Gasteiger partial charge on any atom is -0.494 e. The number of carbonyl (C=O) groups excluding carboxylic acids is 1. The topological polar surface area (TPSA) is 50.8 Å². The molecule has 0 aliphatic carbocycles. The van der Waals surface area contributed by atoms with Gasteiger partial charge in [0.2, 0.25) is 0 Å². The van der Waals surface area contributed by atoms with Crippen LogP contribution in [-0.2, 0) is 11.3 Å². The van der Waals surface area contributed by atoms with Gasteiger partial charge in [0.25, 0.3) is 0 Å². The van der Waals surface area contributed by atoms with Crippen molar-refractivity contribution in [3.63, 3.8) is 0 Å². The van der Waals surface area contributed by atoms with Crippen molar-refractivity contribution >= 4 is 6.09 Å². The first-order valence-corrected chi connectivity index (χ1v) is 8.76. The molecule has 0 saturated carbocycles. The second-order valence-electron chi connectivity index (χ2n) is 7.51. The number of methoxy groups -OCH3 is 1. The Morgan fingerprint density at radius 2 is 2.12 bits per heavy atom. The van der Waals surface area contributed by atoms with Gasteiger partial charge < -0.3 is 19.7 Å². The zero-order valence-corrected chi connectivity index (χ0v) is 15.8. The highest BCUT2D eigenvalue weighted by molar-refractivity contribution is 5.68. The Bertz CT molecular complexity index is 601. The number of nitrogens with one attached hydrogen (secondary N) is 1. The summed E-state index contributed by atoms with van der Waals surface area (Å²) in [5.74, 6) is -0.125. The first-order valence-electron chi connectivity index (χ1n) is 8.76. The highest BCUT2D eigenvalue weighted by atomic mass is 19.1. The minimum atomic E-state index is -0.502. The van der Waals surface area contributed by atoms with E-state index in [0.717, 1.165) is 18.4 Å². The number of amides is 1. The van der Waals surface area contributed by atoms with Gasteiger partial charge in [0.05, 0.1) is 7.11 Å². The fraction of sp³-hybridized carbons (Fsp3) is 0.632. The van der Waals surface area contributed by atoms with Crippen LogP contribution in [0.15, 0.2) is 18.2 Å². The number of nitrogens with zero attached hydrogens (tertiary/aromatic N) is 1. The third kappa shape index (κ3) is 5.33. The molecule has 2 atom stereocenters. The lowest BCUT2D eigenvalue weighted by Crippen LogP contribution is -2.55. The van der Waals surface area contributed by atoms with E-state index in [1.165, 1.54) is 13.2 Å². The summed E-state index contributed by atoms with van der Waals surface area (Å²) in [6.07, 6.45) is 1.61. The van der Waals surface area contributed by atoms with Crippen molar-refractivity contribution in [1.29, 1.82) is 0 Å². The fourth-order valence-electron chi connectivity index (χ4n) is 3.06. The summed E-state index contributed by atoms with van der Waals surface area (Å²) < 4.78 is 24.2. The zero-order chi connectivity index (χ0) is 18.6. The van der Waals surface area contributed by atoms with Gasteiger partial charge in [0.15, 0.2) is 11.6 Å². The summed E-state index contributed by atoms with van der Waals surface area (Å²) in [7, 11) is 1.45. The van der Waals surface area contributed by atoms with Gasteiger partial charge in [-0.25, -0.2) is 9.18 Å². The number of halogens is 1. The number of likely N-dealkylation sites (tertiary alicyclic amines) is 1. The standard InChI is InChI=1S/C19H29FN2O3/c1-13-16(7-6-10-22(13)18(23)25-19(2,3)4)21-12-14-8-9-17(24-5)15(20)11-14/h8-9,11,13,16,21H,6-7,10,12H2,1-5H3. The number of piperidine rings is 1. The maximum atomic E-state index is 13.8. The number of hydrogen-bond donors (Lipinski definition) is 1. The molecule has 1 aromatic carbocycles. The van der Waals surface area contributed by atoms with Crippen LogP contribution in [0.2, 0.25) is 0 Å². The minimum absolute atomic E-state index is 0.0201. The molecule has 6 heteroatoms. The predicted octanol–water partition coefficient (Wildman–Crippen LogP) is 3.71. The summed E-state index contributed by atoms with van der Waals surface area (Å²) in [6, 6.07) is 5.11. The largest absolute Gasteiger partial charge is 0.494 e. The molecule has 0 bridgehead atoms. The molecule has 0 aromatic heterocycles. The first-order chi connectivity index (χ1) is 11.7. The van der Waals surface area contributed by atoms with Crippen LogP contribution in [0.3, 0.4) is 0 Å². The Labute approximate surface area is 149 Å². The van der Waals surface area contributed by atoms with E-state index in [9.17, 15) is 9.18 Å². The molecule has 5 nitrogen and oxygen atoms in total. The number of carbonyl (C=O) groups is 1. The van der Waals surface area contributed by atoms with Gasteiger partial charge in [-0.3, -0.25) is 0 Å². The lowest BCUT2D eigenvalue weighted by Gasteiger charge is -2.40. The van der Waals surface area contributed by atoms with Crippen molar-refractivity contribution in [2.75, 3.05) is 13.7 Å². The van der Waals surface area contributed by atoms with E-state index in [1.54, 1.807) is 11.0 Å². The van der Waals surface area contributed by atoms with Crippen molar-refractivity contribution in [2.45, 2.75) is 64.8 Å². The highest BCUT2D eigenvalue weighted by Crippen LogP contribution is 2.22. The van der Waals surface area contributed by atoms with Gasteiger partial charge in [-0.1, -0.05) is 6.07 Å². The van der Waals surface area contributed by atoms with Gasteiger partial charge in [0.1, 0.15) is 5.60 Å². The van der Waals surface area contributed by atoms with E-state index in [-0.39, 0.29) is 29.7 Å². The van der Waals surface area contributed by atoms with Crippen LogP contribution in [0.5, 0.6) is 5.75 Å². The highest BCUT2D eigenvalue weighted by Gasteiger charge is 2.33. The fourth-order valence-corrected chi connectivity index (χ4v) is 3.06. The van der Waals surface area contributed by atoms with Crippen LogP contribution in [0, 0.1) is 5.82 Å². The van der Waals surface area contributed by atoms with Crippen molar-refractivity contribution in [3.8, 4) is 5.75 Å². The summed E-state index contributed by atoms with van der Waals surface area (Å²) in [4.78, 5) is 14.2. The Morgan fingerprint density at radius 3 is 2.72 bits per heavy atom. The number of ether oxygens (including phenoxy) is 2. The molecule has 2 rings (SSSR count). The molecule has 1 fully saturated rings. The van der Waals surface area contributed by atoms with E-state index in [1.807, 2.05) is 33.8 Å². The lowest BCUT2D eigenvalue weighted by atomic mass is 9.97. The van der Waals surface area contributed by atoms with Gasteiger partial charge in [0, 0.05) is 25.2 Å². The van der Waals surface area contributed by atoms with E-state index < -0.39 is 5.60 Å². The normalized spacial score (nSPS) is 21.1. The second kappa shape index (κ2) is 8.04. The summed E-state index contributed by atoms with van der Waals surface area (Å²) in [5.41, 5.74) is 0.345. The molecule has 140 valence electrons. The molecule has 1 aliphatic rings. The van der Waals surface area contributed by atoms with Crippen LogP contribution < -0.4 is 10.1 Å². The second-order valence-corrected chi connectivity index (χ2v) is 7.51. The molecule has 1 heterocycles. The average molecular weight is 352 g/mol. The molecule has 0 spiro atoms. The van der Waals surface area contributed by atoms with Crippen LogP contribution >= 0.6 is 0 Å². The lowest BCUT2D eigenvalue weighted by molar-refractivity contribution is 0.00699. The Balaban J connectivity index is 1.95. The smallest absolute Gasteiger partial charge is 0.410 e. The molecule has 25 heavy (non-hydrogen) atoms. The zero-order valence-electron chi connectivity index (χ0n) is 15.8. The average Bonchev–Trinajstić information content (AvgIpc) is 2.52. The number of hydrogen-bond acceptors (Lipinski definition) is 4. The third-order valence-corrected chi connectivity index (χ3v) is 4.40. The summed E-state index contributed by atoms with van der Waals surface area (Å²) in [6.45, 7) is 8.87. The van der Waals surface area contributed by atoms with E-state index in [4.69, 9.17) is 9.47 Å². The number of benzene rings is 1. The van der Waals surface area contributed by atoms with Crippen molar-refractivity contribution in [3.05, 3.63) is 29.6 Å². The first kappa shape index (κ1) is 19.5. The van der Waals surface area contributed by atoms with Gasteiger partial charge in [-0.05, 0) is 58.2 Å². The van der Waals surface area contributed by atoms with Gasteiger partial charge in [-0.15, -0.1) is 0 Å². The van der Waals surface area contributed by atoms with Crippen LogP contribution in [-0.4, -0.2) is 42.3 Å². The van der Waals surface area contributed by atoms with E-state index in [2.05, 4.69) is 5.32 Å². The quantitative estimate of drug-likeness (QED) is 0.897. The molecule has 1 amide bonds. The van der Waals surface area contributed by atoms with Crippen molar-refractivity contribution in [1.82, 2.24) is 10.2 Å². The predicted molar refractivity (Wildman–Crippen MR) is 95.2 cm³/mol. The van der Waals surface area contributed by atoms with Crippen LogP contribution in [0.4, 0.5) is 9.18 Å². The van der Waals surface area contributed by atoms with Crippen LogP contribution in [0.25, 0.3) is 0 Å². The van der Waals surface area contributed by atoms with Crippen molar-refractivity contribution < 1.29 is 18.7 Å². The van der Waals surface area contributed by atoms with Gasteiger partial charge in [-0.2, -0.15) is 0 Å². The molecule has 1 aromatic rings. The third-order valence-electron chi connectivity index (χ3n) is 4.40. The molecular weight excluding hydrogens is 323 g/mol. The van der Waals surface area contributed by atoms with Crippen LogP contribution in [0.1, 0.15) is 46.1 Å². The Hall–Kier alpha value is -1.82. The van der Waals surface area contributed by atoms with Crippen molar-refractivity contribution in [2.24, 2.45) is 0 Å². The summed E-state index contributed by atoms with van der Waals surface area (Å²) >= 11 is 0. The summed E-state index contributed by atoms with van der Waals surface area (Å²) in [5, 5.41) is 3.44. The van der Waals surface area contributed by atoms with E-state index >= 15 is 0 Å².